The molecule has 0 spiro atoms. The van der Waals surface area contributed by atoms with Crippen molar-refractivity contribution >= 4 is 75.4 Å². The molecule has 0 saturated carbocycles. The Morgan fingerprint density at radius 1 is 0.250 bits per heavy atom. The lowest BCUT2D eigenvalue weighted by molar-refractivity contribution is 1.71. The van der Waals surface area contributed by atoms with Gasteiger partial charge in [-0.1, -0.05) is 115 Å². The van der Waals surface area contributed by atoms with Crippen LogP contribution in [0, 0.1) is 0 Å². The van der Waals surface area contributed by atoms with E-state index in [1.54, 1.807) is 0 Å². The van der Waals surface area contributed by atoms with E-state index in [0.717, 1.165) is 0 Å². The zero-order valence-electron chi connectivity index (χ0n) is 21.5. The molecule has 0 N–H and O–H groups in total. The predicted octanol–water partition coefficient (Wildman–Crippen LogP) is 11.4. The van der Waals surface area contributed by atoms with Crippen LogP contribution in [0.15, 0.2) is 121 Å². The molecular weight excluding hydrogens is 480 g/mol. The lowest BCUT2D eigenvalue weighted by Gasteiger charge is -2.14. The van der Waals surface area contributed by atoms with Crippen LogP contribution >= 0.6 is 0 Å². The van der Waals surface area contributed by atoms with Gasteiger partial charge in [-0.3, -0.25) is 0 Å². The summed E-state index contributed by atoms with van der Waals surface area (Å²) in [4.78, 5) is 0. The Morgan fingerprint density at radius 2 is 0.800 bits per heavy atom. The van der Waals surface area contributed by atoms with Gasteiger partial charge in [0.05, 0.1) is 0 Å². The van der Waals surface area contributed by atoms with Gasteiger partial charge in [-0.2, -0.15) is 0 Å². The summed E-state index contributed by atoms with van der Waals surface area (Å²) >= 11 is 0. The minimum Gasteiger partial charge on any atom is -0.0616 e. The average molecular weight is 501 g/mol. The summed E-state index contributed by atoms with van der Waals surface area (Å²) < 4.78 is 0. The first-order chi connectivity index (χ1) is 19.8. The number of rotatable bonds is 1. The number of fused-ring (bicyclic) bond motifs is 4. The van der Waals surface area contributed by atoms with Crippen LogP contribution in [-0.2, 0) is 0 Å². The Morgan fingerprint density at radius 3 is 1.60 bits per heavy atom. The van der Waals surface area contributed by atoms with E-state index < -0.39 is 0 Å². The maximum Gasteiger partial charge on any atom is -0.00137 e. The van der Waals surface area contributed by atoms with E-state index in [1.165, 1.54) is 109 Å². The summed E-state index contributed by atoms with van der Waals surface area (Å²) in [5, 5.41) is 19.2. The molecule has 0 aliphatic heterocycles. The molecule has 9 aromatic carbocycles. The van der Waals surface area contributed by atoms with E-state index in [4.69, 9.17) is 0 Å². The van der Waals surface area contributed by atoms with Gasteiger partial charge in [0.2, 0.25) is 0 Å². The predicted molar refractivity (Wildman–Crippen MR) is 172 cm³/mol. The lowest BCUT2D eigenvalue weighted by Crippen LogP contribution is -1.87. The van der Waals surface area contributed by atoms with Crippen LogP contribution in [0.2, 0.25) is 0 Å². The van der Waals surface area contributed by atoms with Gasteiger partial charge in [0.1, 0.15) is 0 Å². The Labute approximate surface area is 229 Å². The second kappa shape index (κ2) is 6.50. The molecule has 2 aliphatic rings. The zero-order chi connectivity index (χ0) is 25.7. The lowest BCUT2D eigenvalue weighted by atomic mass is 9.89. The molecule has 0 heterocycles. The fourth-order valence-electron chi connectivity index (χ4n) is 8.27. The number of hydrogen-bond acceptors (Lipinski definition) is 0. The molecule has 0 atom stereocenters. The Bertz CT molecular complexity index is 2690. The minimum atomic E-state index is 1.31. The first-order valence-corrected chi connectivity index (χ1v) is 14.1. The van der Waals surface area contributed by atoms with Gasteiger partial charge in [0.25, 0.3) is 0 Å². The van der Waals surface area contributed by atoms with Gasteiger partial charge in [-0.25, -0.2) is 0 Å². The molecule has 0 nitrogen and oxygen atoms in total. The summed E-state index contributed by atoms with van der Waals surface area (Å²) in [6, 6.07) is 46.0. The Hall–Kier alpha value is -5.20. The Kier molecular flexibility index (Phi) is 3.22. The van der Waals surface area contributed by atoms with Crippen molar-refractivity contribution < 1.29 is 0 Å². The number of benzene rings is 9. The molecule has 40 heavy (non-hydrogen) atoms. The largest absolute Gasteiger partial charge is 0.0616 e. The highest BCUT2D eigenvalue weighted by Crippen LogP contribution is 2.54. The highest BCUT2D eigenvalue weighted by atomic mass is 14.3. The summed E-state index contributed by atoms with van der Waals surface area (Å²) in [7, 11) is 0. The quantitative estimate of drug-likeness (QED) is 0.155. The van der Waals surface area contributed by atoms with E-state index >= 15 is 0 Å². The average Bonchev–Trinajstić information content (AvgIpc) is 3.55. The molecule has 0 saturated heterocycles. The smallest absolute Gasteiger partial charge is 0.00137 e. The van der Waals surface area contributed by atoms with Gasteiger partial charge < -0.3 is 0 Å². The van der Waals surface area contributed by atoms with E-state index in [2.05, 4.69) is 121 Å². The maximum atomic E-state index is 2.39. The molecule has 11 rings (SSSR count). The molecule has 0 aromatic heterocycles. The minimum absolute atomic E-state index is 1.31. The SMILES string of the molecule is c1ccc2c3c4c(ccc5ccc6c(-c7ccc8c9c7ccc7ccc%10cccc-8c%10c79)ccc-3c6c54)cc2c1. The van der Waals surface area contributed by atoms with Gasteiger partial charge >= 0.3 is 0 Å². The van der Waals surface area contributed by atoms with E-state index in [-0.39, 0.29) is 0 Å². The molecule has 9 aromatic rings. The standard InChI is InChI=1S/C40H20/c1-2-6-26-24(4-1)20-25-11-10-23-13-15-31-28(17-19-33-38(26)37(25)36(23)40(31)33)27-16-18-32-29-7-3-5-21-8-9-22-12-14-30(27)39(32)35(22)34(21)29/h1-20H. The highest BCUT2D eigenvalue weighted by Gasteiger charge is 2.26. The molecule has 2 aliphatic carbocycles. The molecule has 180 valence electrons. The van der Waals surface area contributed by atoms with Crippen molar-refractivity contribution in [1.82, 2.24) is 0 Å². The van der Waals surface area contributed by atoms with Crippen LogP contribution in [0.25, 0.3) is 109 Å². The third kappa shape index (κ3) is 2.10. The fourth-order valence-corrected chi connectivity index (χ4v) is 8.27. The van der Waals surface area contributed by atoms with Crippen molar-refractivity contribution in [3.63, 3.8) is 0 Å². The van der Waals surface area contributed by atoms with Gasteiger partial charge in [-0.15, -0.1) is 0 Å². The summed E-state index contributed by atoms with van der Waals surface area (Å²) in [5.74, 6) is 0. The molecule has 0 heteroatoms. The van der Waals surface area contributed by atoms with E-state index in [1.807, 2.05) is 0 Å². The summed E-state index contributed by atoms with van der Waals surface area (Å²) in [6.45, 7) is 0. The normalized spacial score (nSPS) is 13.0. The summed E-state index contributed by atoms with van der Waals surface area (Å²) in [6.07, 6.45) is 0. The molecular formula is C40H20. The van der Waals surface area contributed by atoms with Crippen molar-refractivity contribution in [3.8, 4) is 33.4 Å². The van der Waals surface area contributed by atoms with Crippen LogP contribution in [0.1, 0.15) is 0 Å². The van der Waals surface area contributed by atoms with Crippen LogP contribution in [0.4, 0.5) is 0 Å². The highest BCUT2D eigenvalue weighted by molar-refractivity contribution is 6.39. The van der Waals surface area contributed by atoms with Crippen LogP contribution in [0.3, 0.4) is 0 Å². The van der Waals surface area contributed by atoms with Crippen LogP contribution in [-0.4, -0.2) is 0 Å². The third-order valence-corrected chi connectivity index (χ3v) is 9.84. The van der Waals surface area contributed by atoms with Crippen molar-refractivity contribution in [2.75, 3.05) is 0 Å². The summed E-state index contributed by atoms with van der Waals surface area (Å²) in [5.41, 5.74) is 8.16. The first kappa shape index (κ1) is 19.8. The van der Waals surface area contributed by atoms with Gasteiger partial charge in [0, 0.05) is 0 Å². The van der Waals surface area contributed by atoms with Crippen molar-refractivity contribution in [2.45, 2.75) is 0 Å². The molecule has 0 bridgehead atoms. The maximum absolute atomic E-state index is 2.39. The van der Waals surface area contributed by atoms with Gasteiger partial charge in [-0.05, 0) is 115 Å². The molecule has 0 unspecified atom stereocenters. The fraction of sp³-hybridized carbons (Fsp3) is 0. The number of hydrogen-bond donors (Lipinski definition) is 0. The van der Waals surface area contributed by atoms with Crippen molar-refractivity contribution in [1.29, 1.82) is 0 Å². The molecule has 0 amide bonds. The zero-order valence-corrected chi connectivity index (χ0v) is 21.5. The Balaban J connectivity index is 1.30. The second-order valence-electron chi connectivity index (χ2n) is 11.6. The molecule has 0 radical (unpaired) electrons. The third-order valence-electron chi connectivity index (χ3n) is 9.84. The molecule has 0 fully saturated rings. The van der Waals surface area contributed by atoms with E-state index in [9.17, 15) is 0 Å². The first-order valence-electron chi connectivity index (χ1n) is 14.1. The monoisotopic (exact) mass is 500 g/mol. The van der Waals surface area contributed by atoms with Crippen LogP contribution < -0.4 is 0 Å². The topological polar surface area (TPSA) is 0 Å². The van der Waals surface area contributed by atoms with E-state index in [0.29, 0.717) is 0 Å². The van der Waals surface area contributed by atoms with Crippen molar-refractivity contribution in [3.05, 3.63) is 121 Å². The van der Waals surface area contributed by atoms with Crippen LogP contribution in [0.5, 0.6) is 0 Å². The van der Waals surface area contributed by atoms with Crippen molar-refractivity contribution in [2.24, 2.45) is 0 Å². The van der Waals surface area contributed by atoms with Gasteiger partial charge in [0.15, 0.2) is 0 Å². The second-order valence-corrected chi connectivity index (χ2v) is 11.6.